The van der Waals surface area contributed by atoms with E-state index in [1.165, 1.54) is 18.2 Å². The van der Waals surface area contributed by atoms with Gasteiger partial charge in [-0.1, -0.05) is 25.4 Å². The van der Waals surface area contributed by atoms with Crippen LogP contribution in [0, 0.1) is 5.92 Å². The Morgan fingerprint density at radius 1 is 1.35 bits per heavy atom. The van der Waals surface area contributed by atoms with Crippen LogP contribution < -0.4 is 5.32 Å². The van der Waals surface area contributed by atoms with Gasteiger partial charge in [0, 0.05) is 11.1 Å². The summed E-state index contributed by atoms with van der Waals surface area (Å²) in [5.74, 6) is -1.14. The molecule has 0 spiro atoms. The molecule has 2 N–H and O–H groups in total. The van der Waals surface area contributed by atoms with Crippen LogP contribution >= 0.6 is 11.6 Å². The first kappa shape index (κ1) is 16.3. The van der Waals surface area contributed by atoms with Crippen molar-refractivity contribution in [3.05, 3.63) is 28.8 Å². The number of carbonyl (C=O) groups is 2. The minimum Gasteiger partial charge on any atom is -0.507 e. The van der Waals surface area contributed by atoms with Crippen LogP contribution in [-0.4, -0.2) is 29.6 Å². The second kappa shape index (κ2) is 7.14. The molecule has 0 unspecified atom stereocenters. The van der Waals surface area contributed by atoms with Crippen LogP contribution in [0.25, 0.3) is 0 Å². The van der Waals surface area contributed by atoms with Crippen molar-refractivity contribution in [2.24, 2.45) is 5.92 Å². The molecule has 0 aromatic heterocycles. The van der Waals surface area contributed by atoms with Gasteiger partial charge < -0.3 is 15.2 Å². The SMILES string of the molecule is CC(C)[C@H](C)NC(=O)COC(=O)c1cc(Cl)ccc1O. The van der Waals surface area contributed by atoms with Gasteiger partial charge in [-0.3, -0.25) is 4.79 Å². The maximum absolute atomic E-state index is 11.7. The van der Waals surface area contributed by atoms with Crippen molar-refractivity contribution in [1.82, 2.24) is 5.32 Å². The van der Waals surface area contributed by atoms with Crippen LogP contribution in [0.15, 0.2) is 18.2 Å². The Hall–Kier alpha value is -1.75. The number of hydrogen-bond acceptors (Lipinski definition) is 4. The second-order valence-electron chi connectivity index (χ2n) is 4.84. The number of phenols is 1. The molecule has 110 valence electrons. The summed E-state index contributed by atoms with van der Waals surface area (Å²) in [6, 6.07) is 4.01. The highest BCUT2D eigenvalue weighted by atomic mass is 35.5. The van der Waals surface area contributed by atoms with Crippen molar-refractivity contribution >= 4 is 23.5 Å². The molecule has 1 rings (SSSR count). The van der Waals surface area contributed by atoms with E-state index in [0.29, 0.717) is 5.02 Å². The summed E-state index contributed by atoms with van der Waals surface area (Å²) in [6.45, 7) is 5.41. The summed E-state index contributed by atoms with van der Waals surface area (Å²) < 4.78 is 4.84. The van der Waals surface area contributed by atoms with Crippen LogP contribution in [-0.2, 0) is 9.53 Å². The number of rotatable bonds is 5. The van der Waals surface area contributed by atoms with Crippen molar-refractivity contribution in [3.63, 3.8) is 0 Å². The Kier molecular flexibility index (Phi) is 5.82. The molecule has 5 nitrogen and oxygen atoms in total. The van der Waals surface area contributed by atoms with Gasteiger partial charge >= 0.3 is 5.97 Å². The van der Waals surface area contributed by atoms with Crippen molar-refractivity contribution in [3.8, 4) is 5.75 Å². The molecule has 1 aromatic carbocycles. The lowest BCUT2D eigenvalue weighted by Crippen LogP contribution is -2.38. The smallest absolute Gasteiger partial charge is 0.342 e. The summed E-state index contributed by atoms with van der Waals surface area (Å²) in [4.78, 5) is 23.3. The van der Waals surface area contributed by atoms with E-state index in [-0.39, 0.29) is 29.2 Å². The number of esters is 1. The first-order valence-electron chi connectivity index (χ1n) is 6.26. The van der Waals surface area contributed by atoms with Gasteiger partial charge in [-0.15, -0.1) is 0 Å². The number of amides is 1. The number of nitrogens with one attached hydrogen (secondary N) is 1. The number of phenolic OH excluding ortho intramolecular Hbond substituents is 1. The van der Waals surface area contributed by atoms with Crippen LogP contribution in [0.5, 0.6) is 5.75 Å². The molecule has 1 amide bonds. The minimum atomic E-state index is -0.794. The topological polar surface area (TPSA) is 75.6 Å². The third-order valence-corrected chi connectivity index (χ3v) is 3.14. The highest BCUT2D eigenvalue weighted by molar-refractivity contribution is 6.31. The Balaban J connectivity index is 2.55. The predicted octanol–water partition coefficient (Wildman–Crippen LogP) is 2.36. The standard InChI is InChI=1S/C14H18ClNO4/c1-8(2)9(3)16-13(18)7-20-14(19)11-6-10(15)4-5-12(11)17/h4-6,8-9,17H,7H2,1-3H3,(H,16,18)/t9-/m0/s1. The summed E-state index contributed by atoms with van der Waals surface area (Å²) in [5, 5.41) is 12.5. The van der Waals surface area contributed by atoms with Gasteiger partial charge in [-0.25, -0.2) is 4.79 Å². The number of ether oxygens (including phenoxy) is 1. The van der Waals surface area contributed by atoms with E-state index in [1.807, 2.05) is 20.8 Å². The number of carbonyl (C=O) groups excluding carboxylic acids is 2. The quantitative estimate of drug-likeness (QED) is 0.818. The van der Waals surface area contributed by atoms with Gasteiger partial charge in [0.15, 0.2) is 6.61 Å². The lowest BCUT2D eigenvalue weighted by molar-refractivity contribution is -0.125. The molecule has 0 saturated carbocycles. The normalized spacial score (nSPS) is 12.1. The molecular weight excluding hydrogens is 282 g/mol. The lowest BCUT2D eigenvalue weighted by Gasteiger charge is -2.17. The van der Waals surface area contributed by atoms with Gasteiger partial charge in [-0.05, 0) is 31.0 Å². The molecule has 0 aliphatic heterocycles. The Morgan fingerprint density at radius 3 is 2.60 bits per heavy atom. The molecule has 20 heavy (non-hydrogen) atoms. The van der Waals surface area contributed by atoms with E-state index in [2.05, 4.69) is 5.32 Å². The second-order valence-corrected chi connectivity index (χ2v) is 5.27. The zero-order valence-electron chi connectivity index (χ0n) is 11.6. The van der Waals surface area contributed by atoms with E-state index >= 15 is 0 Å². The molecule has 0 radical (unpaired) electrons. The Morgan fingerprint density at radius 2 is 2.00 bits per heavy atom. The molecule has 0 saturated heterocycles. The number of benzene rings is 1. The first-order chi connectivity index (χ1) is 9.31. The predicted molar refractivity (Wildman–Crippen MR) is 75.8 cm³/mol. The fraction of sp³-hybridized carbons (Fsp3) is 0.429. The van der Waals surface area contributed by atoms with Gasteiger partial charge in [0.05, 0.1) is 0 Å². The molecule has 6 heteroatoms. The molecule has 1 atom stereocenters. The van der Waals surface area contributed by atoms with Gasteiger partial charge in [-0.2, -0.15) is 0 Å². The average molecular weight is 300 g/mol. The van der Waals surface area contributed by atoms with Crippen LogP contribution in [0.1, 0.15) is 31.1 Å². The van der Waals surface area contributed by atoms with Crippen LogP contribution in [0.3, 0.4) is 0 Å². The fourth-order valence-corrected chi connectivity index (χ4v) is 1.51. The summed E-state index contributed by atoms with van der Waals surface area (Å²) in [7, 11) is 0. The zero-order valence-corrected chi connectivity index (χ0v) is 12.4. The van der Waals surface area contributed by atoms with Gasteiger partial charge in [0.2, 0.25) is 0 Å². The molecular formula is C14H18ClNO4. The molecule has 0 bridgehead atoms. The van der Waals surface area contributed by atoms with E-state index in [9.17, 15) is 14.7 Å². The van der Waals surface area contributed by atoms with Crippen LogP contribution in [0.4, 0.5) is 0 Å². The van der Waals surface area contributed by atoms with Crippen molar-refractivity contribution in [2.45, 2.75) is 26.8 Å². The molecule has 1 aromatic rings. The average Bonchev–Trinajstić information content (AvgIpc) is 2.38. The number of hydrogen-bond donors (Lipinski definition) is 2. The highest BCUT2D eigenvalue weighted by Gasteiger charge is 2.16. The van der Waals surface area contributed by atoms with Gasteiger partial charge in [0.25, 0.3) is 5.91 Å². The minimum absolute atomic E-state index is 0.0132. The summed E-state index contributed by atoms with van der Waals surface area (Å²) in [6.07, 6.45) is 0. The number of halogens is 1. The van der Waals surface area contributed by atoms with Crippen LogP contribution in [0.2, 0.25) is 5.02 Å². The van der Waals surface area contributed by atoms with Crippen molar-refractivity contribution in [2.75, 3.05) is 6.61 Å². The van der Waals surface area contributed by atoms with E-state index in [1.54, 1.807) is 0 Å². The monoisotopic (exact) mass is 299 g/mol. The zero-order chi connectivity index (χ0) is 15.3. The first-order valence-corrected chi connectivity index (χ1v) is 6.64. The summed E-state index contributed by atoms with van der Waals surface area (Å²) in [5.41, 5.74) is -0.0674. The largest absolute Gasteiger partial charge is 0.507 e. The third kappa shape index (κ3) is 4.74. The fourth-order valence-electron chi connectivity index (χ4n) is 1.34. The van der Waals surface area contributed by atoms with E-state index in [0.717, 1.165) is 0 Å². The van der Waals surface area contributed by atoms with Crippen molar-refractivity contribution in [1.29, 1.82) is 0 Å². The summed E-state index contributed by atoms with van der Waals surface area (Å²) >= 11 is 5.73. The maximum atomic E-state index is 11.7. The van der Waals surface area contributed by atoms with Crippen molar-refractivity contribution < 1.29 is 19.4 Å². The molecule has 0 aliphatic carbocycles. The maximum Gasteiger partial charge on any atom is 0.342 e. The van der Waals surface area contributed by atoms with E-state index < -0.39 is 12.6 Å². The van der Waals surface area contributed by atoms with Gasteiger partial charge in [0.1, 0.15) is 11.3 Å². The molecule has 0 fully saturated rings. The lowest BCUT2D eigenvalue weighted by atomic mass is 10.1. The molecule has 0 heterocycles. The molecule has 0 aliphatic rings. The Labute approximate surface area is 122 Å². The number of aromatic hydroxyl groups is 1. The van der Waals surface area contributed by atoms with E-state index in [4.69, 9.17) is 16.3 Å². The third-order valence-electron chi connectivity index (χ3n) is 2.90. The Bertz CT molecular complexity index is 502. The highest BCUT2D eigenvalue weighted by Crippen LogP contribution is 2.22.